The number of benzene rings is 2. The summed E-state index contributed by atoms with van der Waals surface area (Å²) in [6, 6.07) is 8.75. The maximum absolute atomic E-state index is 12.8. The molecular weight excluding hydrogens is 443 g/mol. The molecule has 0 spiro atoms. The van der Waals surface area contributed by atoms with Crippen molar-refractivity contribution in [3.63, 3.8) is 0 Å². The summed E-state index contributed by atoms with van der Waals surface area (Å²) >= 11 is 0. The Morgan fingerprint density at radius 1 is 1.15 bits per heavy atom. The molecule has 3 aromatic rings. The summed E-state index contributed by atoms with van der Waals surface area (Å²) in [6.07, 6.45) is -4.53. The van der Waals surface area contributed by atoms with Crippen molar-refractivity contribution in [3.05, 3.63) is 59.4 Å². The number of halogens is 3. The van der Waals surface area contributed by atoms with Crippen LogP contribution in [0.25, 0.3) is 11.4 Å². The molecule has 2 N–H and O–H groups in total. The molecule has 0 bridgehead atoms. The minimum absolute atomic E-state index is 0.0211. The van der Waals surface area contributed by atoms with Crippen LogP contribution >= 0.6 is 0 Å². The molecule has 1 heterocycles. The molecule has 0 saturated carbocycles. The highest BCUT2D eigenvalue weighted by Gasteiger charge is 2.30. The quantitative estimate of drug-likeness (QED) is 0.399. The van der Waals surface area contributed by atoms with E-state index in [1.807, 2.05) is 0 Å². The third kappa shape index (κ3) is 5.25. The predicted molar refractivity (Wildman–Crippen MR) is 112 cm³/mol. The van der Waals surface area contributed by atoms with Gasteiger partial charge in [-0.15, -0.1) is 0 Å². The summed E-state index contributed by atoms with van der Waals surface area (Å²) in [5.41, 5.74) is -0.0807. The lowest BCUT2D eigenvalue weighted by molar-refractivity contribution is -0.137. The SMILES string of the molecule is COc1cc(-c2nc(C)c(C(C)=O)n2O)ccc1OCC(=O)Nc1cccc(C(F)(F)F)c1. The van der Waals surface area contributed by atoms with E-state index in [2.05, 4.69) is 10.3 Å². The standard InChI is InChI=1S/C22H20F3N3O5/c1-12-20(13(2)29)28(31)21(26-12)14-7-8-17(18(9-14)32-3)33-11-19(30)27-16-6-4-5-15(10-16)22(23,24)25/h4-10,31H,11H2,1-3H3,(H,27,30). The smallest absolute Gasteiger partial charge is 0.416 e. The molecule has 8 nitrogen and oxygen atoms in total. The summed E-state index contributed by atoms with van der Waals surface area (Å²) < 4.78 is 49.8. The molecule has 0 atom stereocenters. The Morgan fingerprint density at radius 2 is 1.88 bits per heavy atom. The molecule has 11 heteroatoms. The average Bonchev–Trinajstić information content (AvgIpc) is 3.05. The third-order valence-electron chi connectivity index (χ3n) is 4.62. The topological polar surface area (TPSA) is 103 Å². The number of ketones is 1. The Bertz CT molecular complexity index is 1200. The van der Waals surface area contributed by atoms with E-state index in [9.17, 15) is 28.0 Å². The zero-order valence-electron chi connectivity index (χ0n) is 17.9. The van der Waals surface area contributed by atoms with Crippen molar-refractivity contribution >= 4 is 17.4 Å². The third-order valence-corrected chi connectivity index (χ3v) is 4.62. The highest BCUT2D eigenvalue weighted by molar-refractivity contribution is 5.94. The molecule has 33 heavy (non-hydrogen) atoms. The summed E-state index contributed by atoms with van der Waals surface area (Å²) in [7, 11) is 1.37. The lowest BCUT2D eigenvalue weighted by atomic mass is 10.2. The number of ether oxygens (including phenoxy) is 2. The Hall–Kier alpha value is -4.02. The van der Waals surface area contributed by atoms with E-state index in [1.165, 1.54) is 38.3 Å². The van der Waals surface area contributed by atoms with Crippen LogP contribution < -0.4 is 14.8 Å². The van der Waals surface area contributed by atoms with Gasteiger partial charge >= 0.3 is 6.18 Å². The minimum Gasteiger partial charge on any atom is -0.493 e. The molecule has 0 unspecified atom stereocenters. The van der Waals surface area contributed by atoms with E-state index >= 15 is 0 Å². The molecule has 0 saturated heterocycles. The van der Waals surface area contributed by atoms with Gasteiger partial charge in [-0.1, -0.05) is 6.07 Å². The fourth-order valence-electron chi connectivity index (χ4n) is 3.15. The molecule has 0 aliphatic heterocycles. The van der Waals surface area contributed by atoms with E-state index in [-0.39, 0.29) is 34.5 Å². The first-order chi connectivity index (χ1) is 15.5. The Morgan fingerprint density at radius 3 is 2.48 bits per heavy atom. The number of carbonyl (C=O) groups is 2. The normalized spacial score (nSPS) is 11.2. The number of nitrogens with zero attached hydrogens (tertiary/aromatic N) is 2. The molecule has 0 aliphatic rings. The molecule has 0 aliphatic carbocycles. The number of methoxy groups -OCH3 is 1. The van der Waals surface area contributed by atoms with Crippen LogP contribution in [0.3, 0.4) is 0 Å². The van der Waals surface area contributed by atoms with E-state index < -0.39 is 24.3 Å². The lowest BCUT2D eigenvalue weighted by Crippen LogP contribution is -2.20. The second-order valence-electron chi connectivity index (χ2n) is 7.02. The van der Waals surface area contributed by atoms with E-state index in [0.717, 1.165) is 12.1 Å². The van der Waals surface area contributed by atoms with E-state index in [4.69, 9.17) is 9.47 Å². The van der Waals surface area contributed by atoms with Gasteiger partial charge in [-0.25, -0.2) is 4.98 Å². The molecule has 1 amide bonds. The van der Waals surface area contributed by atoms with Gasteiger partial charge in [0.05, 0.1) is 18.4 Å². The van der Waals surface area contributed by atoms with Crippen molar-refractivity contribution in [2.24, 2.45) is 0 Å². The van der Waals surface area contributed by atoms with Crippen LogP contribution in [-0.2, 0) is 11.0 Å². The van der Waals surface area contributed by atoms with Crippen LogP contribution in [0.5, 0.6) is 11.5 Å². The molecule has 0 fully saturated rings. The largest absolute Gasteiger partial charge is 0.493 e. The van der Waals surface area contributed by atoms with E-state index in [0.29, 0.717) is 16.0 Å². The predicted octanol–water partition coefficient (Wildman–Crippen LogP) is 4.34. The van der Waals surface area contributed by atoms with Gasteiger partial charge in [0.25, 0.3) is 5.91 Å². The number of aromatic nitrogens is 2. The summed E-state index contributed by atoms with van der Waals surface area (Å²) in [5, 5.41) is 12.6. The molecule has 3 rings (SSSR count). The van der Waals surface area contributed by atoms with Gasteiger partial charge in [-0.3, -0.25) is 9.59 Å². The van der Waals surface area contributed by atoms with Crippen molar-refractivity contribution in [2.75, 3.05) is 19.0 Å². The van der Waals surface area contributed by atoms with Gasteiger partial charge in [-0.05, 0) is 43.3 Å². The number of aryl methyl sites for hydroxylation is 1. The molecular formula is C22H20F3N3O5. The van der Waals surface area contributed by atoms with Gasteiger partial charge in [0, 0.05) is 18.2 Å². The number of Topliss-reactive ketones (excluding diaryl/α,β-unsaturated/α-hetero) is 1. The first-order valence-electron chi connectivity index (χ1n) is 9.59. The van der Waals surface area contributed by atoms with Crippen molar-refractivity contribution in [3.8, 4) is 22.9 Å². The number of alkyl halides is 3. The van der Waals surface area contributed by atoms with Crippen LogP contribution in [0.4, 0.5) is 18.9 Å². The number of rotatable bonds is 7. The molecule has 174 valence electrons. The Kier molecular flexibility index (Phi) is 6.61. The van der Waals surface area contributed by atoms with Crippen LogP contribution in [0.2, 0.25) is 0 Å². The zero-order chi connectivity index (χ0) is 24.3. The number of hydrogen-bond acceptors (Lipinski definition) is 6. The summed E-state index contributed by atoms with van der Waals surface area (Å²) in [4.78, 5) is 28.0. The number of carbonyl (C=O) groups excluding carboxylic acids is 2. The first-order valence-corrected chi connectivity index (χ1v) is 9.59. The van der Waals surface area contributed by atoms with Crippen molar-refractivity contribution < 1.29 is 37.4 Å². The number of anilines is 1. The number of hydrogen-bond donors (Lipinski definition) is 2. The highest BCUT2D eigenvalue weighted by atomic mass is 19.4. The van der Waals surface area contributed by atoms with Crippen LogP contribution in [0.15, 0.2) is 42.5 Å². The van der Waals surface area contributed by atoms with Crippen LogP contribution in [0, 0.1) is 6.92 Å². The Balaban J connectivity index is 1.73. The molecule has 2 aromatic carbocycles. The molecule has 0 radical (unpaired) electrons. The fraction of sp³-hybridized carbons (Fsp3) is 0.227. The van der Waals surface area contributed by atoms with Gasteiger partial charge < -0.3 is 20.0 Å². The van der Waals surface area contributed by atoms with Gasteiger partial charge in [0.2, 0.25) is 0 Å². The first kappa shape index (κ1) is 23.6. The van der Waals surface area contributed by atoms with Crippen molar-refractivity contribution in [1.82, 2.24) is 9.71 Å². The van der Waals surface area contributed by atoms with Gasteiger partial charge in [-0.2, -0.15) is 17.9 Å². The summed E-state index contributed by atoms with van der Waals surface area (Å²) in [5.74, 6) is -0.519. The zero-order valence-corrected chi connectivity index (χ0v) is 17.9. The highest BCUT2D eigenvalue weighted by Crippen LogP contribution is 2.33. The number of amides is 1. The maximum atomic E-state index is 12.8. The van der Waals surface area contributed by atoms with Gasteiger partial charge in [0.15, 0.2) is 29.7 Å². The fourth-order valence-corrected chi connectivity index (χ4v) is 3.15. The number of imidazole rings is 1. The van der Waals surface area contributed by atoms with Crippen molar-refractivity contribution in [1.29, 1.82) is 0 Å². The van der Waals surface area contributed by atoms with E-state index in [1.54, 1.807) is 13.0 Å². The van der Waals surface area contributed by atoms with Crippen LogP contribution in [-0.4, -0.2) is 40.3 Å². The number of nitrogens with one attached hydrogen (secondary N) is 1. The van der Waals surface area contributed by atoms with Crippen LogP contribution in [0.1, 0.15) is 28.7 Å². The summed E-state index contributed by atoms with van der Waals surface area (Å²) in [6.45, 7) is 2.40. The van der Waals surface area contributed by atoms with Gasteiger partial charge in [0.1, 0.15) is 5.69 Å². The lowest BCUT2D eigenvalue weighted by Gasteiger charge is -2.13. The minimum atomic E-state index is -4.53. The second-order valence-corrected chi connectivity index (χ2v) is 7.02. The average molecular weight is 463 g/mol. The monoisotopic (exact) mass is 463 g/mol. The Labute approximate surface area is 186 Å². The maximum Gasteiger partial charge on any atom is 0.416 e. The molecule has 1 aromatic heterocycles. The van der Waals surface area contributed by atoms with Crippen molar-refractivity contribution in [2.45, 2.75) is 20.0 Å². The second kappa shape index (κ2) is 9.23.